The lowest BCUT2D eigenvalue weighted by Gasteiger charge is -2.33. The van der Waals surface area contributed by atoms with Crippen molar-refractivity contribution in [1.82, 2.24) is 10.2 Å². The van der Waals surface area contributed by atoms with E-state index in [2.05, 4.69) is 5.32 Å². The largest absolute Gasteiger partial charge is 0.352 e. The summed E-state index contributed by atoms with van der Waals surface area (Å²) in [4.78, 5) is 29.6. The molecule has 8 heteroatoms. The third-order valence-electron chi connectivity index (χ3n) is 8.05. The second-order valence-corrected chi connectivity index (χ2v) is 13.9. The summed E-state index contributed by atoms with van der Waals surface area (Å²) in [7, 11) is -3.56. The first-order valence-corrected chi connectivity index (χ1v) is 17.1. The van der Waals surface area contributed by atoms with Crippen LogP contribution in [0, 0.1) is 20.8 Å². The quantitative estimate of drug-likeness (QED) is 0.265. The minimum absolute atomic E-state index is 0.116. The van der Waals surface area contributed by atoms with E-state index in [4.69, 9.17) is 0 Å². The summed E-state index contributed by atoms with van der Waals surface area (Å²) in [6, 6.07) is 22.9. The van der Waals surface area contributed by atoms with Gasteiger partial charge >= 0.3 is 0 Å². The van der Waals surface area contributed by atoms with Crippen molar-refractivity contribution in [2.45, 2.75) is 84.3 Å². The van der Waals surface area contributed by atoms with E-state index in [-0.39, 0.29) is 30.8 Å². The average molecular weight is 604 g/mol. The molecule has 0 saturated heterocycles. The molecule has 230 valence electrons. The zero-order valence-electron chi connectivity index (χ0n) is 25.9. The van der Waals surface area contributed by atoms with Gasteiger partial charge in [-0.1, -0.05) is 79.1 Å². The Balaban J connectivity index is 1.59. The third-order valence-corrected chi connectivity index (χ3v) is 9.25. The predicted octanol–water partition coefficient (Wildman–Crippen LogP) is 5.86. The highest BCUT2D eigenvalue weighted by Crippen LogP contribution is 2.24. The van der Waals surface area contributed by atoms with Crippen LogP contribution in [0.2, 0.25) is 0 Å². The van der Waals surface area contributed by atoms with E-state index in [0.717, 1.165) is 53.5 Å². The zero-order chi connectivity index (χ0) is 31.0. The summed E-state index contributed by atoms with van der Waals surface area (Å²) in [5.41, 5.74) is 5.56. The van der Waals surface area contributed by atoms with Crippen LogP contribution in [-0.2, 0) is 32.6 Å². The number of nitrogens with zero attached hydrogens (tertiary/aromatic N) is 2. The van der Waals surface area contributed by atoms with Gasteiger partial charge in [-0.15, -0.1) is 0 Å². The van der Waals surface area contributed by atoms with Crippen LogP contribution in [0.5, 0.6) is 0 Å². The normalized spacial score (nSPS) is 14.3. The molecule has 3 aromatic rings. The molecule has 0 spiro atoms. The van der Waals surface area contributed by atoms with Crippen LogP contribution in [0.3, 0.4) is 0 Å². The summed E-state index contributed by atoms with van der Waals surface area (Å²) in [6.07, 6.45) is 6.13. The molecule has 1 unspecified atom stereocenters. The first-order valence-electron chi connectivity index (χ1n) is 15.2. The maximum Gasteiger partial charge on any atom is 0.243 e. The minimum Gasteiger partial charge on any atom is -0.352 e. The van der Waals surface area contributed by atoms with E-state index in [1.807, 2.05) is 93.6 Å². The zero-order valence-corrected chi connectivity index (χ0v) is 26.7. The predicted molar refractivity (Wildman–Crippen MR) is 173 cm³/mol. The van der Waals surface area contributed by atoms with Gasteiger partial charge in [0.05, 0.1) is 11.9 Å². The Morgan fingerprint density at radius 1 is 0.860 bits per heavy atom. The molecule has 0 heterocycles. The number of carbonyl (C=O) groups is 2. The van der Waals surface area contributed by atoms with Gasteiger partial charge in [0, 0.05) is 32.0 Å². The molecule has 2 amide bonds. The summed E-state index contributed by atoms with van der Waals surface area (Å²) >= 11 is 0. The lowest BCUT2D eigenvalue weighted by molar-refractivity contribution is -0.141. The number of hydrogen-bond donors (Lipinski definition) is 1. The van der Waals surface area contributed by atoms with Gasteiger partial charge in [0.2, 0.25) is 21.8 Å². The number of sulfonamides is 1. The molecule has 1 aliphatic rings. The van der Waals surface area contributed by atoms with E-state index in [9.17, 15) is 18.0 Å². The summed E-state index contributed by atoms with van der Waals surface area (Å²) in [5.74, 6) is -0.303. The molecule has 1 N–H and O–H groups in total. The Morgan fingerprint density at radius 2 is 1.51 bits per heavy atom. The van der Waals surface area contributed by atoms with Crippen molar-refractivity contribution in [2.75, 3.05) is 17.1 Å². The fraction of sp³-hybridized carbons (Fsp3) is 0.429. The standard InChI is InChI=1S/C35H45N3O4S/c1-26-12-10-15-30(21-26)25-37(33(24-29-13-6-5-7-14-29)35(40)36-31-16-8-9-17-31)34(39)18-11-19-38(43(4,41)42)32-22-27(2)20-28(3)23-32/h5-7,10,12-15,20-23,31,33H,8-9,11,16-19,24-25H2,1-4H3,(H,36,40). The van der Waals surface area contributed by atoms with E-state index < -0.39 is 16.1 Å². The molecule has 1 atom stereocenters. The molecule has 1 aliphatic carbocycles. The lowest BCUT2D eigenvalue weighted by atomic mass is 10.0. The number of aryl methyl sites for hydroxylation is 3. The van der Waals surface area contributed by atoms with Gasteiger partial charge in [0.25, 0.3) is 0 Å². The summed E-state index contributed by atoms with van der Waals surface area (Å²) in [6.45, 7) is 6.35. The average Bonchev–Trinajstić information content (AvgIpc) is 3.45. The van der Waals surface area contributed by atoms with Gasteiger partial charge in [0.15, 0.2) is 0 Å². The van der Waals surface area contributed by atoms with Crippen molar-refractivity contribution in [3.05, 3.63) is 101 Å². The van der Waals surface area contributed by atoms with Crippen LogP contribution in [0.4, 0.5) is 5.69 Å². The molecule has 3 aromatic carbocycles. The summed E-state index contributed by atoms with van der Waals surface area (Å²) in [5, 5.41) is 3.24. The van der Waals surface area contributed by atoms with Crippen LogP contribution in [0.25, 0.3) is 0 Å². The second-order valence-electron chi connectivity index (χ2n) is 12.0. The van der Waals surface area contributed by atoms with Crippen molar-refractivity contribution < 1.29 is 18.0 Å². The monoisotopic (exact) mass is 603 g/mol. The third kappa shape index (κ3) is 9.42. The van der Waals surface area contributed by atoms with Crippen LogP contribution < -0.4 is 9.62 Å². The Morgan fingerprint density at radius 3 is 2.14 bits per heavy atom. The molecule has 0 bridgehead atoms. The van der Waals surface area contributed by atoms with Gasteiger partial charge in [-0.25, -0.2) is 8.42 Å². The highest BCUT2D eigenvalue weighted by molar-refractivity contribution is 7.92. The van der Waals surface area contributed by atoms with Gasteiger partial charge < -0.3 is 10.2 Å². The van der Waals surface area contributed by atoms with E-state index in [0.29, 0.717) is 25.1 Å². The van der Waals surface area contributed by atoms with E-state index in [1.54, 1.807) is 4.90 Å². The molecule has 0 radical (unpaired) electrons. The Hall–Kier alpha value is -3.65. The molecule has 1 fully saturated rings. The Bertz CT molecular complexity index is 1480. The molecule has 0 aromatic heterocycles. The maximum absolute atomic E-state index is 14.1. The van der Waals surface area contributed by atoms with Gasteiger partial charge in [-0.3, -0.25) is 13.9 Å². The van der Waals surface area contributed by atoms with Gasteiger partial charge in [0.1, 0.15) is 6.04 Å². The van der Waals surface area contributed by atoms with Gasteiger partial charge in [-0.2, -0.15) is 0 Å². The van der Waals surface area contributed by atoms with Crippen molar-refractivity contribution in [1.29, 1.82) is 0 Å². The number of nitrogens with one attached hydrogen (secondary N) is 1. The number of carbonyl (C=O) groups excluding carboxylic acids is 2. The first kappa shape index (κ1) is 32.3. The molecule has 4 rings (SSSR count). The van der Waals surface area contributed by atoms with Crippen LogP contribution in [0.15, 0.2) is 72.8 Å². The van der Waals surface area contributed by atoms with Crippen LogP contribution >= 0.6 is 0 Å². The summed E-state index contributed by atoms with van der Waals surface area (Å²) < 4.78 is 26.9. The lowest BCUT2D eigenvalue weighted by Crippen LogP contribution is -2.52. The highest BCUT2D eigenvalue weighted by atomic mass is 32.2. The Labute approximate surface area is 257 Å². The van der Waals surface area contributed by atoms with Crippen LogP contribution in [0.1, 0.15) is 66.3 Å². The molecular weight excluding hydrogens is 558 g/mol. The first-order chi connectivity index (χ1) is 20.5. The van der Waals surface area contributed by atoms with E-state index in [1.165, 1.54) is 10.6 Å². The minimum atomic E-state index is -3.56. The molecule has 43 heavy (non-hydrogen) atoms. The van der Waals surface area contributed by atoms with E-state index >= 15 is 0 Å². The smallest absolute Gasteiger partial charge is 0.243 e. The fourth-order valence-corrected chi connectivity index (χ4v) is 6.98. The fourth-order valence-electron chi connectivity index (χ4n) is 6.03. The Kier molecular flexibility index (Phi) is 11.0. The van der Waals surface area contributed by atoms with Crippen LogP contribution in [-0.4, -0.2) is 50.0 Å². The number of benzene rings is 3. The number of hydrogen-bond acceptors (Lipinski definition) is 4. The van der Waals surface area contributed by atoms with Crippen molar-refractivity contribution >= 4 is 27.5 Å². The highest BCUT2D eigenvalue weighted by Gasteiger charge is 2.32. The number of rotatable bonds is 13. The molecular formula is C35H45N3O4S. The van der Waals surface area contributed by atoms with Gasteiger partial charge in [-0.05, 0) is 74.4 Å². The van der Waals surface area contributed by atoms with Crippen molar-refractivity contribution in [3.63, 3.8) is 0 Å². The second kappa shape index (κ2) is 14.7. The van der Waals surface area contributed by atoms with Crippen molar-refractivity contribution in [2.24, 2.45) is 0 Å². The number of anilines is 1. The molecule has 1 saturated carbocycles. The number of amides is 2. The maximum atomic E-state index is 14.1. The SMILES string of the molecule is Cc1cccc(CN(C(=O)CCCN(c2cc(C)cc(C)c2)S(C)(=O)=O)C(Cc2ccccc2)C(=O)NC2CCCC2)c1. The molecule has 7 nitrogen and oxygen atoms in total. The topological polar surface area (TPSA) is 86.8 Å². The van der Waals surface area contributed by atoms with Crippen molar-refractivity contribution in [3.8, 4) is 0 Å². The molecule has 0 aliphatic heterocycles.